The summed E-state index contributed by atoms with van der Waals surface area (Å²) in [5.74, 6) is -0.551. The van der Waals surface area contributed by atoms with Crippen molar-refractivity contribution in [1.82, 2.24) is 14.7 Å². The third kappa shape index (κ3) is 5.28. The number of hydrogen-bond acceptors (Lipinski definition) is 6. The Morgan fingerprint density at radius 2 is 1.66 bits per heavy atom. The second-order valence-corrected chi connectivity index (χ2v) is 10.1. The van der Waals surface area contributed by atoms with Gasteiger partial charge in [-0.1, -0.05) is 48.5 Å². The molecule has 0 atom stereocenters. The number of nitro groups is 1. The van der Waals surface area contributed by atoms with Crippen molar-refractivity contribution in [2.75, 3.05) is 13.3 Å². The third-order valence-corrected chi connectivity index (χ3v) is 6.48. The molecular formula is C25H22N4O5S. The van der Waals surface area contributed by atoms with Gasteiger partial charge in [-0.05, 0) is 18.2 Å². The lowest BCUT2D eigenvalue weighted by Crippen LogP contribution is -2.26. The predicted molar refractivity (Wildman–Crippen MR) is 131 cm³/mol. The van der Waals surface area contributed by atoms with Gasteiger partial charge in [0.2, 0.25) is 0 Å². The summed E-state index contributed by atoms with van der Waals surface area (Å²) in [5.41, 5.74) is 2.61. The highest BCUT2D eigenvalue weighted by Crippen LogP contribution is 2.26. The SMILES string of the molecule is CN(Cc1cn(-c2ccccc2)nc1-c1ccccc1)C(=O)c1cc([N+](=O)[O-])cc(S(C)(=O)=O)c1. The first kappa shape index (κ1) is 23.8. The van der Waals surface area contributed by atoms with Crippen LogP contribution in [-0.4, -0.2) is 47.2 Å². The Labute approximate surface area is 202 Å². The average molecular weight is 491 g/mol. The summed E-state index contributed by atoms with van der Waals surface area (Å²) >= 11 is 0. The zero-order valence-electron chi connectivity index (χ0n) is 19.0. The van der Waals surface area contributed by atoms with Crippen molar-refractivity contribution in [3.05, 3.63) is 106 Å². The Balaban J connectivity index is 1.71. The topological polar surface area (TPSA) is 115 Å². The first-order chi connectivity index (χ1) is 16.6. The van der Waals surface area contributed by atoms with Crippen LogP contribution in [0.2, 0.25) is 0 Å². The van der Waals surface area contributed by atoms with Crippen molar-refractivity contribution < 1.29 is 18.1 Å². The molecule has 1 heterocycles. The molecule has 0 fully saturated rings. The van der Waals surface area contributed by atoms with E-state index in [4.69, 9.17) is 5.10 Å². The third-order valence-electron chi connectivity index (χ3n) is 5.39. The quantitative estimate of drug-likeness (QED) is 0.284. The monoisotopic (exact) mass is 490 g/mol. The van der Waals surface area contributed by atoms with Crippen molar-refractivity contribution in [2.24, 2.45) is 0 Å². The minimum Gasteiger partial charge on any atom is -0.337 e. The Morgan fingerprint density at radius 1 is 1.03 bits per heavy atom. The van der Waals surface area contributed by atoms with Gasteiger partial charge in [-0.3, -0.25) is 14.9 Å². The number of nitrogens with zero attached hydrogens (tertiary/aromatic N) is 4. The van der Waals surface area contributed by atoms with Gasteiger partial charge < -0.3 is 4.90 Å². The first-order valence-corrected chi connectivity index (χ1v) is 12.5. The van der Waals surface area contributed by atoms with Crippen LogP contribution in [-0.2, 0) is 16.4 Å². The molecule has 0 saturated carbocycles. The lowest BCUT2D eigenvalue weighted by atomic mass is 10.1. The summed E-state index contributed by atoms with van der Waals surface area (Å²) in [7, 11) is -2.21. The van der Waals surface area contributed by atoms with Gasteiger partial charge in [-0.2, -0.15) is 5.10 Å². The second kappa shape index (κ2) is 9.51. The van der Waals surface area contributed by atoms with E-state index in [0.29, 0.717) is 5.69 Å². The van der Waals surface area contributed by atoms with E-state index in [2.05, 4.69) is 0 Å². The molecule has 4 aromatic rings. The smallest absolute Gasteiger partial charge is 0.271 e. The summed E-state index contributed by atoms with van der Waals surface area (Å²) in [6, 6.07) is 22.2. The standard InChI is InChI=1S/C25H22N4O5S/c1-27(25(30)19-13-22(29(31)32)15-23(14-19)35(2,33)34)16-20-17-28(21-11-7-4-8-12-21)26-24(20)18-9-5-3-6-10-18/h3-15,17H,16H2,1-2H3. The number of sulfone groups is 1. The van der Waals surface area contributed by atoms with E-state index in [1.54, 1.807) is 11.7 Å². The van der Waals surface area contributed by atoms with Crippen molar-refractivity contribution >= 4 is 21.4 Å². The van der Waals surface area contributed by atoms with Crippen LogP contribution in [0.1, 0.15) is 15.9 Å². The van der Waals surface area contributed by atoms with Crippen LogP contribution in [0.3, 0.4) is 0 Å². The van der Waals surface area contributed by atoms with Crippen LogP contribution in [0.25, 0.3) is 16.9 Å². The van der Waals surface area contributed by atoms with Crippen molar-refractivity contribution in [3.8, 4) is 16.9 Å². The summed E-state index contributed by atoms with van der Waals surface area (Å²) < 4.78 is 25.8. The summed E-state index contributed by atoms with van der Waals surface area (Å²) in [5, 5.41) is 16.1. The number of para-hydroxylation sites is 1. The van der Waals surface area contributed by atoms with Gasteiger partial charge in [0.25, 0.3) is 11.6 Å². The Morgan fingerprint density at radius 3 is 2.26 bits per heavy atom. The molecule has 4 rings (SSSR count). The number of hydrogen-bond donors (Lipinski definition) is 0. The molecule has 178 valence electrons. The molecule has 0 aliphatic heterocycles. The molecular weight excluding hydrogens is 468 g/mol. The van der Waals surface area contributed by atoms with Gasteiger partial charge in [-0.25, -0.2) is 13.1 Å². The van der Waals surface area contributed by atoms with Gasteiger partial charge in [-0.15, -0.1) is 0 Å². The van der Waals surface area contributed by atoms with E-state index in [9.17, 15) is 23.3 Å². The van der Waals surface area contributed by atoms with Crippen LogP contribution in [0.15, 0.2) is 90.0 Å². The maximum Gasteiger partial charge on any atom is 0.271 e. The van der Waals surface area contributed by atoms with Gasteiger partial charge in [0, 0.05) is 54.9 Å². The minimum atomic E-state index is -3.76. The van der Waals surface area contributed by atoms with Gasteiger partial charge in [0.05, 0.1) is 21.2 Å². The normalized spacial score (nSPS) is 11.3. The number of nitro benzene ring substituents is 1. The molecule has 0 spiro atoms. The average Bonchev–Trinajstić information content (AvgIpc) is 3.27. The molecule has 35 heavy (non-hydrogen) atoms. The van der Waals surface area contributed by atoms with Crippen LogP contribution < -0.4 is 0 Å². The van der Waals surface area contributed by atoms with E-state index >= 15 is 0 Å². The van der Waals surface area contributed by atoms with E-state index in [-0.39, 0.29) is 17.0 Å². The summed E-state index contributed by atoms with van der Waals surface area (Å²) in [6.07, 6.45) is 2.77. The van der Waals surface area contributed by atoms with E-state index < -0.39 is 26.4 Å². The number of benzene rings is 3. The molecule has 1 aromatic heterocycles. The van der Waals surface area contributed by atoms with Crippen LogP contribution in [0.4, 0.5) is 5.69 Å². The van der Waals surface area contributed by atoms with E-state index in [0.717, 1.165) is 41.3 Å². The summed E-state index contributed by atoms with van der Waals surface area (Å²) in [6.45, 7) is 0.146. The molecule has 0 aliphatic rings. The number of amides is 1. The van der Waals surface area contributed by atoms with Crippen LogP contribution >= 0.6 is 0 Å². The number of carbonyl (C=O) groups excluding carboxylic acids is 1. The van der Waals surface area contributed by atoms with Gasteiger partial charge in [0.1, 0.15) is 0 Å². The maximum atomic E-state index is 13.2. The molecule has 0 aliphatic carbocycles. The van der Waals surface area contributed by atoms with E-state index in [1.807, 2.05) is 66.9 Å². The maximum absolute atomic E-state index is 13.2. The number of aromatic nitrogens is 2. The van der Waals surface area contributed by atoms with Crippen LogP contribution in [0, 0.1) is 10.1 Å². The van der Waals surface area contributed by atoms with Crippen LogP contribution in [0.5, 0.6) is 0 Å². The highest BCUT2D eigenvalue weighted by Gasteiger charge is 2.22. The Bertz CT molecular complexity index is 1500. The second-order valence-electron chi connectivity index (χ2n) is 8.06. The lowest BCUT2D eigenvalue weighted by molar-refractivity contribution is -0.385. The zero-order chi connectivity index (χ0) is 25.2. The Kier molecular flexibility index (Phi) is 6.48. The highest BCUT2D eigenvalue weighted by atomic mass is 32.2. The van der Waals surface area contributed by atoms with E-state index in [1.165, 1.54) is 4.90 Å². The molecule has 0 saturated heterocycles. The Hall–Kier alpha value is -4.31. The molecule has 0 bridgehead atoms. The first-order valence-electron chi connectivity index (χ1n) is 10.6. The van der Waals surface area contributed by atoms with Gasteiger partial charge >= 0.3 is 0 Å². The molecule has 0 unspecified atom stereocenters. The number of rotatable bonds is 7. The molecule has 3 aromatic carbocycles. The lowest BCUT2D eigenvalue weighted by Gasteiger charge is -2.17. The fourth-order valence-electron chi connectivity index (χ4n) is 3.65. The number of non-ortho nitro benzene ring substituents is 1. The van der Waals surface area contributed by atoms with Gasteiger partial charge in [0.15, 0.2) is 9.84 Å². The van der Waals surface area contributed by atoms with Crippen molar-refractivity contribution in [3.63, 3.8) is 0 Å². The highest BCUT2D eigenvalue weighted by molar-refractivity contribution is 7.90. The molecule has 1 amide bonds. The molecule has 9 nitrogen and oxygen atoms in total. The molecule has 0 N–H and O–H groups in total. The molecule has 10 heteroatoms. The fourth-order valence-corrected chi connectivity index (χ4v) is 4.33. The van der Waals surface area contributed by atoms with Crippen molar-refractivity contribution in [1.29, 1.82) is 0 Å². The minimum absolute atomic E-state index is 0.0844. The molecule has 0 radical (unpaired) electrons. The van der Waals surface area contributed by atoms with Crippen molar-refractivity contribution in [2.45, 2.75) is 11.4 Å². The number of carbonyl (C=O) groups is 1. The predicted octanol–water partition coefficient (Wildman–Crippen LogP) is 4.12. The zero-order valence-corrected chi connectivity index (χ0v) is 19.8. The summed E-state index contributed by atoms with van der Waals surface area (Å²) in [4.78, 5) is 24.9. The largest absolute Gasteiger partial charge is 0.337 e. The fraction of sp³-hybridized carbons (Fsp3) is 0.120.